The van der Waals surface area contributed by atoms with Crippen molar-refractivity contribution in [3.05, 3.63) is 34.5 Å². The molecule has 8 nitrogen and oxygen atoms in total. The molecule has 2 rings (SSSR count). The van der Waals surface area contributed by atoms with Crippen LogP contribution in [-0.2, 0) is 6.54 Å². The second-order valence-electron chi connectivity index (χ2n) is 4.32. The van der Waals surface area contributed by atoms with E-state index in [0.717, 1.165) is 18.5 Å². The van der Waals surface area contributed by atoms with Crippen LogP contribution in [0.2, 0.25) is 0 Å². The van der Waals surface area contributed by atoms with E-state index in [4.69, 9.17) is 0 Å². The van der Waals surface area contributed by atoms with Crippen molar-refractivity contribution in [1.29, 1.82) is 0 Å². The van der Waals surface area contributed by atoms with E-state index in [0.29, 0.717) is 12.6 Å². The summed E-state index contributed by atoms with van der Waals surface area (Å²) in [7, 11) is 0. The third-order valence-electron chi connectivity index (χ3n) is 3.03. The molecule has 0 spiro atoms. The molecule has 2 aromatic heterocycles. The molecule has 0 aliphatic heterocycles. The standard InChI is InChI=1S/C11H16N6O2/c1-3-10(4-2)16-6-9(13-14-16)5-15-7-11(12-8-15)17(18)19/h6-8,10H,3-5H2,1-2H3. The minimum atomic E-state index is -0.516. The zero-order chi connectivity index (χ0) is 13.8. The molecule has 0 saturated heterocycles. The fraction of sp³-hybridized carbons (Fsp3) is 0.545. The molecular weight excluding hydrogens is 248 g/mol. The Labute approximate surface area is 110 Å². The first-order valence-corrected chi connectivity index (χ1v) is 6.20. The Morgan fingerprint density at radius 2 is 2.11 bits per heavy atom. The van der Waals surface area contributed by atoms with Crippen LogP contribution < -0.4 is 0 Å². The van der Waals surface area contributed by atoms with Crippen LogP contribution in [0, 0.1) is 10.1 Å². The zero-order valence-corrected chi connectivity index (χ0v) is 10.9. The van der Waals surface area contributed by atoms with Gasteiger partial charge in [0.15, 0.2) is 0 Å². The first-order valence-electron chi connectivity index (χ1n) is 6.20. The average molecular weight is 264 g/mol. The smallest absolute Gasteiger partial charge is 0.358 e. The van der Waals surface area contributed by atoms with Crippen molar-refractivity contribution in [2.45, 2.75) is 39.3 Å². The highest BCUT2D eigenvalue weighted by atomic mass is 16.6. The molecule has 0 aliphatic carbocycles. The molecule has 19 heavy (non-hydrogen) atoms. The Morgan fingerprint density at radius 3 is 2.68 bits per heavy atom. The largest absolute Gasteiger partial charge is 0.381 e. The molecule has 0 bridgehead atoms. The summed E-state index contributed by atoms with van der Waals surface area (Å²) in [6.45, 7) is 4.64. The van der Waals surface area contributed by atoms with Gasteiger partial charge in [-0.05, 0) is 22.7 Å². The van der Waals surface area contributed by atoms with E-state index in [1.165, 1.54) is 12.5 Å². The van der Waals surface area contributed by atoms with Gasteiger partial charge in [0.2, 0.25) is 6.33 Å². The maximum atomic E-state index is 10.5. The number of rotatable bonds is 6. The normalized spacial score (nSPS) is 11.1. The fourth-order valence-corrected chi connectivity index (χ4v) is 1.94. The van der Waals surface area contributed by atoms with Crippen molar-refractivity contribution in [2.24, 2.45) is 0 Å². The van der Waals surface area contributed by atoms with Gasteiger partial charge < -0.3 is 14.7 Å². The molecule has 0 saturated carbocycles. The van der Waals surface area contributed by atoms with Gasteiger partial charge in [0.25, 0.3) is 0 Å². The molecule has 0 N–H and O–H groups in total. The van der Waals surface area contributed by atoms with Gasteiger partial charge in [-0.2, -0.15) is 0 Å². The van der Waals surface area contributed by atoms with Gasteiger partial charge in [-0.25, -0.2) is 4.68 Å². The molecule has 102 valence electrons. The van der Waals surface area contributed by atoms with E-state index in [-0.39, 0.29) is 5.82 Å². The van der Waals surface area contributed by atoms with E-state index in [2.05, 4.69) is 29.1 Å². The lowest BCUT2D eigenvalue weighted by molar-refractivity contribution is -0.389. The number of aromatic nitrogens is 5. The lowest BCUT2D eigenvalue weighted by Crippen LogP contribution is -2.07. The highest BCUT2D eigenvalue weighted by Gasteiger charge is 2.12. The van der Waals surface area contributed by atoms with Crippen LogP contribution in [0.25, 0.3) is 0 Å². The summed E-state index contributed by atoms with van der Waals surface area (Å²) in [6, 6.07) is 0.346. The van der Waals surface area contributed by atoms with Gasteiger partial charge in [-0.15, -0.1) is 5.10 Å². The maximum Gasteiger partial charge on any atom is 0.381 e. The Morgan fingerprint density at radius 1 is 1.37 bits per heavy atom. The second-order valence-corrected chi connectivity index (χ2v) is 4.32. The Balaban J connectivity index is 2.08. The summed E-state index contributed by atoms with van der Waals surface area (Å²) < 4.78 is 3.47. The number of nitro groups is 1. The number of imidazole rings is 1. The summed E-state index contributed by atoms with van der Waals surface area (Å²) in [5.74, 6) is -0.160. The van der Waals surface area contributed by atoms with Gasteiger partial charge >= 0.3 is 5.82 Å². The minimum Gasteiger partial charge on any atom is -0.358 e. The van der Waals surface area contributed by atoms with E-state index >= 15 is 0 Å². The Hall–Kier alpha value is -2.25. The van der Waals surface area contributed by atoms with Crippen LogP contribution in [0.15, 0.2) is 18.7 Å². The van der Waals surface area contributed by atoms with Crippen LogP contribution in [0.4, 0.5) is 5.82 Å². The predicted molar refractivity (Wildman–Crippen MR) is 67.6 cm³/mol. The van der Waals surface area contributed by atoms with E-state index in [1.807, 2.05) is 10.9 Å². The molecule has 0 fully saturated rings. The van der Waals surface area contributed by atoms with Gasteiger partial charge in [0.05, 0.1) is 18.8 Å². The molecule has 2 heterocycles. The van der Waals surface area contributed by atoms with E-state index in [9.17, 15) is 10.1 Å². The first kappa shape index (κ1) is 13.2. The predicted octanol–water partition coefficient (Wildman–Crippen LogP) is 1.79. The highest BCUT2D eigenvalue weighted by molar-refractivity contribution is 5.13. The van der Waals surface area contributed by atoms with Crippen LogP contribution in [-0.4, -0.2) is 29.5 Å². The van der Waals surface area contributed by atoms with Crippen molar-refractivity contribution >= 4 is 5.82 Å². The zero-order valence-electron chi connectivity index (χ0n) is 10.9. The summed E-state index contributed by atoms with van der Waals surface area (Å²) in [5, 5.41) is 18.7. The molecule has 2 aromatic rings. The van der Waals surface area contributed by atoms with Gasteiger partial charge in [0, 0.05) is 0 Å². The quantitative estimate of drug-likeness (QED) is 0.586. The number of hydrogen-bond acceptors (Lipinski definition) is 5. The maximum absolute atomic E-state index is 10.5. The van der Waals surface area contributed by atoms with Crippen LogP contribution >= 0.6 is 0 Å². The lowest BCUT2D eigenvalue weighted by atomic mass is 10.2. The molecule has 8 heteroatoms. The van der Waals surface area contributed by atoms with Crippen molar-refractivity contribution in [3.63, 3.8) is 0 Å². The summed E-state index contributed by atoms with van der Waals surface area (Å²) >= 11 is 0. The third kappa shape index (κ3) is 2.95. The number of hydrogen-bond donors (Lipinski definition) is 0. The molecular formula is C11H16N6O2. The van der Waals surface area contributed by atoms with Crippen molar-refractivity contribution < 1.29 is 4.92 Å². The van der Waals surface area contributed by atoms with Crippen LogP contribution in [0.5, 0.6) is 0 Å². The van der Waals surface area contributed by atoms with Crippen molar-refractivity contribution in [2.75, 3.05) is 0 Å². The van der Waals surface area contributed by atoms with Gasteiger partial charge in [0.1, 0.15) is 11.9 Å². The molecule has 0 unspecified atom stereocenters. The second kappa shape index (κ2) is 5.59. The molecule has 0 aliphatic rings. The van der Waals surface area contributed by atoms with Crippen LogP contribution in [0.1, 0.15) is 38.4 Å². The molecule has 0 aromatic carbocycles. The van der Waals surface area contributed by atoms with Crippen molar-refractivity contribution in [1.82, 2.24) is 24.5 Å². The number of nitrogens with zero attached hydrogens (tertiary/aromatic N) is 6. The molecule has 0 radical (unpaired) electrons. The minimum absolute atomic E-state index is 0.160. The third-order valence-corrected chi connectivity index (χ3v) is 3.03. The summed E-state index contributed by atoms with van der Waals surface area (Å²) in [6.07, 6.45) is 6.68. The fourth-order valence-electron chi connectivity index (χ4n) is 1.94. The summed E-state index contributed by atoms with van der Waals surface area (Å²) in [5.41, 5.74) is 0.763. The average Bonchev–Trinajstić information content (AvgIpc) is 3.01. The molecule has 0 atom stereocenters. The Kier molecular flexibility index (Phi) is 3.88. The van der Waals surface area contributed by atoms with Gasteiger partial charge in [-0.1, -0.05) is 19.1 Å². The van der Waals surface area contributed by atoms with E-state index in [1.54, 1.807) is 4.57 Å². The monoisotopic (exact) mass is 264 g/mol. The van der Waals surface area contributed by atoms with Crippen molar-refractivity contribution in [3.8, 4) is 0 Å². The topological polar surface area (TPSA) is 91.7 Å². The lowest BCUT2D eigenvalue weighted by Gasteiger charge is -2.10. The SMILES string of the molecule is CCC(CC)n1cc(Cn2cnc([N+](=O)[O-])c2)nn1. The summed E-state index contributed by atoms with van der Waals surface area (Å²) in [4.78, 5) is 13.7. The van der Waals surface area contributed by atoms with E-state index < -0.39 is 4.92 Å². The molecule has 0 amide bonds. The van der Waals surface area contributed by atoms with Crippen LogP contribution in [0.3, 0.4) is 0 Å². The highest BCUT2D eigenvalue weighted by Crippen LogP contribution is 2.14. The first-order chi connectivity index (χ1) is 9.13. The Bertz CT molecular complexity index is 557. The van der Waals surface area contributed by atoms with Gasteiger partial charge in [-0.3, -0.25) is 0 Å².